The number of rotatable bonds is 1. The van der Waals surface area contributed by atoms with Crippen molar-refractivity contribution in [1.29, 1.82) is 0 Å². The Labute approximate surface area is 122 Å². The molecule has 4 radical (unpaired) electrons. The number of para-hydroxylation sites is 1. The number of fused-ring (bicyclic) bond motifs is 1. The third-order valence-corrected chi connectivity index (χ3v) is 2.95. The molecule has 0 unspecified atom stereocenters. The second-order valence-electron chi connectivity index (χ2n) is 2.93. The third kappa shape index (κ3) is 4.35. The van der Waals surface area contributed by atoms with Crippen LogP contribution in [0.1, 0.15) is 22.3 Å². The molecule has 0 spiro atoms. The first-order valence-corrected chi connectivity index (χ1v) is 5.70. The Kier molecular flexibility index (Phi) is 9.93. The molecule has 0 amide bonds. The summed E-state index contributed by atoms with van der Waals surface area (Å²) in [4.78, 5) is 0. The monoisotopic (exact) mass is 363 g/mol. The Morgan fingerprint density at radius 1 is 1.00 bits per heavy atom. The summed E-state index contributed by atoms with van der Waals surface area (Å²) in [5.41, 5.74) is 0.727. The van der Waals surface area contributed by atoms with Crippen LogP contribution >= 0.6 is 0 Å². The van der Waals surface area contributed by atoms with Crippen molar-refractivity contribution in [3.8, 4) is 0 Å². The molecule has 2 aromatic rings. The van der Waals surface area contributed by atoms with E-state index in [-0.39, 0.29) is 46.2 Å². The van der Waals surface area contributed by atoms with Gasteiger partial charge in [0.1, 0.15) is 0 Å². The van der Waals surface area contributed by atoms with Gasteiger partial charge in [-0.05, 0) is 12.1 Å². The number of hydrogen-bond donors (Lipinski definition) is 0. The number of benzene rings is 1. The summed E-state index contributed by atoms with van der Waals surface area (Å²) < 4.78 is 23.8. The first kappa shape index (κ1) is 21.8. The zero-order valence-corrected chi connectivity index (χ0v) is 11.3. The van der Waals surface area contributed by atoms with E-state index >= 15 is 0 Å². The molecule has 0 fully saturated rings. The topological polar surface area (TPSA) is 39.1 Å². The molecule has 0 saturated heterocycles. The van der Waals surface area contributed by atoms with Crippen molar-refractivity contribution in [3.63, 3.8) is 0 Å². The van der Waals surface area contributed by atoms with Crippen LogP contribution in [0.25, 0.3) is 10.9 Å². The molecule has 1 heterocycles. The van der Waals surface area contributed by atoms with Crippen LogP contribution in [0.4, 0.5) is 0 Å². The summed E-state index contributed by atoms with van der Waals surface area (Å²) in [5, 5.41) is 0.938. The quantitative estimate of drug-likeness (QED) is 0.732. The van der Waals surface area contributed by atoms with Crippen LogP contribution in [0.5, 0.6) is 0 Å². The fourth-order valence-corrected chi connectivity index (χ4v) is 2.15. The molecule has 0 aliphatic heterocycles. The molecule has 1 aromatic heterocycles. The molecule has 17 heavy (non-hydrogen) atoms. The third-order valence-electron chi connectivity index (χ3n) is 1.92. The Bertz CT molecular complexity index is 546. The van der Waals surface area contributed by atoms with Gasteiger partial charge >= 0.3 is 0 Å². The molecule has 0 bridgehead atoms. The van der Waals surface area contributed by atoms with Crippen LogP contribution in [-0.4, -0.2) is 42.6 Å². The average Bonchev–Trinajstić information content (AvgIpc) is 2.45. The molecule has 2 rings (SSSR count). The SMILES string of the molecule is C.C.C.CS(=O)(=O)n1ccc2ccccc21.[Sn]. The standard InChI is InChI=1S/C9H9NO2S.3CH4.Sn/c1-13(11,12)10-7-6-8-4-2-3-5-9(8)10;;;;/h2-7H,1H3;3*1H4;. The Balaban J connectivity index is -0.000000490. The summed E-state index contributed by atoms with van der Waals surface area (Å²) in [7, 11) is -3.17. The summed E-state index contributed by atoms with van der Waals surface area (Å²) >= 11 is 0. The molecule has 0 saturated carbocycles. The molecular weight excluding hydrogens is 341 g/mol. The molecule has 1 aromatic carbocycles. The maximum Gasteiger partial charge on any atom is 0.236 e. The fraction of sp³-hybridized carbons (Fsp3) is 0.333. The van der Waals surface area contributed by atoms with E-state index in [0.717, 1.165) is 10.9 Å². The van der Waals surface area contributed by atoms with Gasteiger partial charge < -0.3 is 0 Å². The second kappa shape index (κ2) is 7.76. The van der Waals surface area contributed by atoms with E-state index in [9.17, 15) is 8.42 Å². The maximum absolute atomic E-state index is 11.3. The van der Waals surface area contributed by atoms with E-state index in [1.807, 2.05) is 18.2 Å². The average molecular weight is 362 g/mol. The van der Waals surface area contributed by atoms with Crippen LogP contribution in [0, 0.1) is 0 Å². The van der Waals surface area contributed by atoms with E-state index < -0.39 is 10.0 Å². The minimum absolute atomic E-state index is 0. The van der Waals surface area contributed by atoms with Crippen LogP contribution < -0.4 is 0 Å². The van der Waals surface area contributed by atoms with E-state index in [2.05, 4.69) is 0 Å². The zero-order chi connectivity index (χ0) is 9.47. The van der Waals surface area contributed by atoms with Gasteiger partial charge in [0.05, 0.1) is 11.8 Å². The molecule has 96 valence electrons. The van der Waals surface area contributed by atoms with Gasteiger partial charge in [-0.25, -0.2) is 12.4 Å². The van der Waals surface area contributed by atoms with Crippen molar-refractivity contribution < 1.29 is 8.42 Å². The van der Waals surface area contributed by atoms with Crippen molar-refractivity contribution in [3.05, 3.63) is 36.5 Å². The van der Waals surface area contributed by atoms with Crippen molar-refractivity contribution in [2.75, 3.05) is 6.26 Å². The molecule has 0 N–H and O–H groups in total. The van der Waals surface area contributed by atoms with Gasteiger partial charge in [-0.3, -0.25) is 0 Å². The Hall–Kier alpha value is -0.491. The first-order valence-electron chi connectivity index (χ1n) is 3.86. The van der Waals surface area contributed by atoms with Gasteiger partial charge in [-0.1, -0.05) is 40.5 Å². The maximum atomic E-state index is 11.3. The van der Waals surface area contributed by atoms with Gasteiger partial charge in [-0.15, -0.1) is 0 Å². The van der Waals surface area contributed by atoms with Crippen LogP contribution in [0.15, 0.2) is 36.5 Å². The van der Waals surface area contributed by atoms with Crippen molar-refractivity contribution in [2.45, 2.75) is 22.3 Å². The smallest absolute Gasteiger partial charge is 0.236 e. The minimum Gasteiger partial charge on any atom is -0.245 e. The second-order valence-corrected chi connectivity index (χ2v) is 4.79. The van der Waals surface area contributed by atoms with Crippen molar-refractivity contribution in [1.82, 2.24) is 3.97 Å². The molecule has 3 nitrogen and oxygen atoms in total. The van der Waals surface area contributed by atoms with Gasteiger partial charge in [0.15, 0.2) is 0 Å². The molecule has 0 aliphatic rings. The number of hydrogen-bond acceptors (Lipinski definition) is 2. The predicted molar refractivity (Wildman–Crippen MR) is 78.1 cm³/mol. The first-order chi connectivity index (χ1) is 6.09. The van der Waals surface area contributed by atoms with E-state index in [1.54, 1.807) is 18.3 Å². The van der Waals surface area contributed by atoms with Gasteiger partial charge in [0.2, 0.25) is 10.0 Å². The summed E-state index contributed by atoms with van der Waals surface area (Å²) in [6, 6.07) is 9.17. The zero-order valence-electron chi connectivity index (χ0n) is 7.64. The summed E-state index contributed by atoms with van der Waals surface area (Å²) in [6.45, 7) is 0. The molecular formula is C12H21NO2SSn. The van der Waals surface area contributed by atoms with Crippen LogP contribution in [0.3, 0.4) is 0 Å². The minimum atomic E-state index is -3.17. The number of aromatic nitrogens is 1. The van der Waals surface area contributed by atoms with Crippen LogP contribution in [0.2, 0.25) is 0 Å². The van der Waals surface area contributed by atoms with Gasteiger partial charge in [0.25, 0.3) is 0 Å². The van der Waals surface area contributed by atoms with E-state index in [0.29, 0.717) is 0 Å². The van der Waals surface area contributed by atoms with Crippen molar-refractivity contribution in [2.24, 2.45) is 0 Å². The Morgan fingerprint density at radius 2 is 1.53 bits per heavy atom. The van der Waals surface area contributed by atoms with Crippen LogP contribution in [-0.2, 0) is 10.0 Å². The largest absolute Gasteiger partial charge is 0.245 e. The fourth-order valence-electron chi connectivity index (χ4n) is 1.35. The number of nitrogens with zero attached hydrogens (tertiary/aromatic N) is 1. The van der Waals surface area contributed by atoms with Gasteiger partial charge in [-0.2, -0.15) is 0 Å². The normalized spacial score (nSPS) is 9.24. The molecule has 0 atom stereocenters. The van der Waals surface area contributed by atoms with Gasteiger partial charge in [0, 0.05) is 35.5 Å². The summed E-state index contributed by atoms with van der Waals surface area (Å²) in [5.74, 6) is 0. The van der Waals surface area contributed by atoms with Crippen molar-refractivity contribution >= 4 is 44.8 Å². The molecule has 5 heteroatoms. The summed E-state index contributed by atoms with van der Waals surface area (Å²) in [6.07, 6.45) is 2.76. The predicted octanol–water partition coefficient (Wildman–Crippen LogP) is 2.98. The van der Waals surface area contributed by atoms with E-state index in [4.69, 9.17) is 0 Å². The Morgan fingerprint density at radius 3 is 2.06 bits per heavy atom. The molecule has 0 aliphatic carbocycles. The van der Waals surface area contributed by atoms with E-state index in [1.165, 1.54) is 10.2 Å².